The van der Waals surface area contributed by atoms with Crippen LogP contribution in [0.25, 0.3) is 0 Å². The van der Waals surface area contributed by atoms with Gasteiger partial charge in [0.25, 0.3) is 0 Å². The van der Waals surface area contributed by atoms with Gasteiger partial charge in [0.1, 0.15) is 18.2 Å². The highest BCUT2D eigenvalue weighted by Gasteiger charge is 2.17. The van der Waals surface area contributed by atoms with Gasteiger partial charge in [-0.3, -0.25) is 0 Å². The number of nitrogens with one attached hydrogen (secondary N) is 1. The molecule has 0 amide bonds. The van der Waals surface area contributed by atoms with Crippen LogP contribution in [-0.4, -0.2) is 31.1 Å². The molecule has 1 N–H and O–H groups in total. The van der Waals surface area contributed by atoms with Gasteiger partial charge >= 0.3 is 0 Å². The number of likely N-dealkylation sites (N-methyl/N-ethyl adjacent to an activating group) is 1. The minimum Gasteiger partial charge on any atom is -0.489 e. The maximum atomic E-state index is 13.6. The molecule has 0 saturated heterocycles. The number of hydrogen-bond acceptors (Lipinski definition) is 3. The largest absolute Gasteiger partial charge is 0.489 e. The minimum absolute atomic E-state index is 0.0451. The van der Waals surface area contributed by atoms with Crippen LogP contribution in [0, 0.1) is 5.82 Å². The standard InChI is InChI=1S/C20H27FN2O/c1-20(2,15-23(3)4)22-13-16-9-11-18(12-10-16)24-14-17-7-5-6-8-19(17)21/h5-12,22H,13-15H2,1-4H3. The van der Waals surface area contributed by atoms with E-state index in [-0.39, 0.29) is 18.0 Å². The van der Waals surface area contributed by atoms with Crippen LogP contribution in [0.2, 0.25) is 0 Å². The second-order valence-corrected chi connectivity index (χ2v) is 7.00. The van der Waals surface area contributed by atoms with Crippen LogP contribution in [0.4, 0.5) is 4.39 Å². The molecule has 4 heteroatoms. The Labute approximate surface area is 144 Å². The molecule has 24 heavy (non-hydrogen) atoms. The van der Waals surface area contributed by atoms with E-state index in [0.29, 0.717) is 5.56 Å². The molecule has 0 aliphatic rings. The first kappa shape index (κ1) is 18.4. The van der Waals surface area contributed by atoms with Crippen molar-refractivity contribution in [1.29, 1.82) is 0 Å². The van der Waals surface area contributed by atoms with Gasteiger partial charge in [-0.05, 0) is 51.7 Å². The molecule has 0 bridgehead atoms. The Morgan fingerprint density at radius 2 is 1.71 bits per heavy atom. The van der Waals surface area contributed by atoms with Gasteiger partial charge in [0.2, 0.25) is 0 Å². The van der Waals surface area contributed by atoms with Crippen LogP contribution in [0.3, 0.4) is 0 Å². The number of benzene rings is 2. The molecule has 2 rings (SSSR count). The van der Waals surface area contributed by atoms with Gasteiger partial charge in [-0.25, -0.2) is 4.39 Å². The summed E-state index contributed by atoms with van der Waals surface area (Å²) in [6.45, 7) is 6.39. The van der Waals surface area contributed by atoms with E-state index in [1.54, 1.807) is 12.1 Å². The van der Waals surface area contributed by atoms with Crippen molar-refractivity contribution in [3.05, 3.63) is 65.5 Å². The molecule has 2 aromatic rings. The highest BCUT2D eigenvalue weighted by atomic mass is 19.1. The second-order valence-electron chi connectivity index (χ2n) is 7.00. The van der Waals surface area contributed by atoms with Crippen LogP contribution in [0.1, 0.15) is 25.0 Å². The molecule has 0 aliphatic carbocycles. The molecule has 2 aromatic carbocycles. The minimum atomic E-state index is -0.235. The van der Waals surface area contributed by atoms with Gasteiger partial charge in [0.15, 0.2) is 0 Å². The third-order valence-electron chi connectivity index (χ3n) is 3.76. The van der Waals surface area contributed by atoms with E-state index in [0.717, 1.165) is 18.8 Å². The van der Waals surface area contributed by atoms with Crippen molar-refractivity contribution in [1.82, 2.24) is 10.2 Å². The lowest BCUT2D eigenvalue weighted by Crippen LogP contribution is -2.46. The van der Waals surface area contributed by atoms with E-state index in [4.69, 9.17) is 4.74 Å². The van der Waals surface area contributed by atoms with Crippen molar-refractivity contribution in [2.45, 2.75) is 32.5 Å². The van der Waals surface area contributed by atoms with E-state index in [1.807, 2.05) is 30.3 Å². The lowest BCUT2D eigenvalue weighted by molar-refractivity contribution is 0.267. The lowest BCUT2D eigenvalue weighted by atomic mass is 10.0. The summed E-state index contributed by atoms with van der Waals surface area (Å²) in [5, 5.41) is 3.56. The van der Waals surface area contributed by atoms with E-state index < -0.39 is 0 Å². The van der Waals surface area contributed by atoms with Crippen molar-refractivity contribution in [3.8, 4) is 5.75 Å². The average Bonchev–Trinajstić information content (AvgIpc) is 2.52. The zero-order chi connectivity index (χ0) is 17.6. The van der Waals surface area contributed by atoms with Crippen LogP contribution in [-0.2, 0) is 13.2 Å². The third kappa shape index (κ3) is 5.95. The Kier molecular flexibility index (Phi) is 6.35. The summed E-state index contributed by atoms with van der Waals surface area (Å²) in [6.07, 6.45) is 0. The Bertz CT molecular complexity index is 638. The predicted molar refractivity (Wildman–Crippen MR) is 96.6 cm³/mol. The maximum absolute atomic E-state index is 13.6. The van der Waals surface area contributed by atoms with Crippen molar-refractivity contribution in [2.24, 2.45) is 0 Å². The van der Waals surface area contributed by atoms with E-state index in [2.05, 4.69) is 38.2 Å². The summed E-state index contributed by atoms with van der Waals surface area (Å²) in [4.78, 5) is 2.17. The highest BCUT2D eigenvalue weighted by Crippen LogP contribution is 2.16. The zero-order valence-corrected chi connectivity index (χ0v) is 15.0. The average molecular weight is 330 g/mol. The molecule has 0 radical (unpaired) electrons. The van der Waals surface area contributed by atoms with E-state index >= 15 is 0 Å². The molecule has 0 heterocycles. The van der Waals surface area contributed by atoms with E-state index in [1.165, 1.54) is 11.6 Å². The monoisotopic (exact) mass is 330 g/mol. The normalized spacial score (nSPS) is 11.8. The number of hydrogen-bond donors (Lipinski definition) is 1. The first-order valence-electron chi connectivity index (χ1n) is 8.21. The molecule has 0 saturated carbocycles. The Balaban J connectivity index is 1.86. The van der Waals surface area contributed by atoms with Gasteiger partial charge in [-0.1, -0.05) is 30.3 Å². The predicted octanol–water partition coefficient (Wildman–Crippen LogP) is 3.83. The smallest absolute Gasteiger partial charge is 0.129 e. The van der Waals surface area contributed by atoms with Gasteiger partial charge < -0.3 is 15.0 Å². The topological polar surface area (TPSA) is 24.5 Å². The highest BCUT2D eigenvalue weighted by molar-refractivity contribution is 5.28. The van der Waals surface area contributed by atoms with Gasteiger partial charge in [-0.2, -0.15) is 0 Å². The molecule has 0 fully saturated rings. The quantitative estimate of drug-likeness (QED) is 0.796. The molecule has 0 spiro atoms. The van der Waals surface area contributed by atoms with Crippen LogP contribution >= 0.6 is 0 Å². The lowest BCUT2D eigenvalue weighted by Gasteiger charge is -2.29. The fraction of sp³-hybridized carbons (Fsp3) is 0.400. The summed E-state index contributed by atoms with van der Waals surface area (Å²) in [7, 11) is 4.15. The molecule has 0 atom stereocenters. The first-order valence-corrected chi connectivity index (χ1v) is 8.21. The van der Waals surface area contributed by atoms with Crippen LogP contribution in [0.15, 0.2) is 48.5 Å². The number of halogens is 1. The Morgan fingerprint density at radius 1 is 1.04 bits per heavy atom. The molecule has 0 aliphatic heterocycles. The van der Waals surface area contributed by atoms with Gasteiger partial charge in [-0.15, -0.1) is 0 Å². The van der Waals surface area contributed by atoms with Crippen molar-refractivity contribution < 1.29 is 9.13 Å². The van der Waals surface area contributed by atoms with Crippen molar-refractivity contribution in [3.63, 3.8) is 0 Å². The third-order valence-corrected chi connectivity index (χ3v) is 3.76. The fourth-order valence-electron chi connectivity index (χ4n) is 2.67. The first-order chi connectivity index (χ1) is 11.4. The Hall–Kier alpha value is -1.91. The summed E-state index contributed by atoms with van der Waals surface area (Å²) < 4.78 is 19.2. The maximum Gasteiger partial charge on any atom is 0.129 e. The van der Waals surface area contributed by atoms with Crippen molar-refractivity contribution in [2.75, 3.05) is 20.6 Å². The van der Waals surface area contributed by atoms with Gasteiger partial charge in [0, 0.05) is 24.2 Å². The molecule has 3 nitrogen and oxygen atoms in total. The van der Waals surface area contributed by atoms with Crippen molar-refractivity contribution >= 4 is 0 Å². The summed E-state index contributed by atoms with van der Waals surface area (Å²) in [5.41, 5.74) is 1.80. The zero-order valence-electron chi connectivity index (χ0n) is 15.0. The van der Waals surface area contributed by atoms with Crippen LogP contribution < -0.4 is 10.1 Å². The second kappa shape index (κ2) is 8.27. The summed E-state index contributed by atoms with van der Waals surface area (Å²) in [5.74, 6) is 0.510. The summed E-state index contributed by atoms with van der Waals surface area (Å²) in [6, 6.07) is 14.6. The Morgan fingerprint density at radius 3 is 2.33 bits per heavy atom. The molecule has 130 valence electrons. The molecular weight excluding hydrogens is 303 g/mol. The molecular formula is C20H27FN2O. The summed E-state index contributed by atoms with van der Waals surface area (Å²) >= 11 is 0. The number of nitrogens with zero attached hydrogens (tertiary/aromatic N) is 1. The SMILES string of the molecule is CN(C)CC(C)(C)NCc1ccc(OCc2ccccc2F)cc1. The fourth-order valence-corrected chi connectivity index (χ4v) is 2.67. The number of rotatable bonds is 8. The van der Waals surface area contributed by atoms with E-state index in [9.17, 15) is 4.39 Å². The van der Waals surface area contributed by atoms with Crippen LogP contribution in [0.5, 0.6) is 5.75 Å². The molecule has 0 aromatic heterocycles. The van der Waals surface area contributed by atoms with Gasteiger partial charge in [0.05, 0.1) is 0 Å². The molecule has 0 unspecified atom stereocenters. The number of ether oxygens (including phenoxy) is 1.